The van der Waals surface area contributed by atoms with Gasteiger partial charge in [0.05, 0.1) is 24.5 Å². The van der Waals surface area contributed by atoms with Crippen LogP contribution in [0.15, 0.2) is 53.3 Å². The highest BCUT2D eigenvalue weighted by atomic mass is 19.1. The Labute approximate surface area is 184 Å². The van der Waals surface area contributed by atoms with Crippen molar-refractivity contribution >= 4 is 11.8 Å². The number of pyridine rings is 1. The Morgan fingerprint density at radius 3 is 2.78 bits per heavy atom. The lowest BCUT2D eigenvalue weighted by Crippen LogP contribution is -2.44. The standard InChI is InChI=1S/C23H23FN4O4/c24-17-6-4-15(5-7-17)9-19-13-27-23(32-19)20-3-1-2-8-28(20)21(30)14-26-22(31)16-10-18(29)12-25-11-16/h4-7,10-13,20,29H,1-3,8-9,14H2,(H,26,31)/t20-/m0/s1. The summed E-state index contributed by atoms with van der Waals surface area (Å²) in [6, 6.07) is 7.16. The smallest absolute Gasteiger partial charge is 0.253 e. The lowest BCUT2D eigenvalue weighted by atomic mass is 10.0. The van der Waals surface area contributed by atoms with Crippen LogP contribution in [0.4, 0.5) is 4.39 Å². The van der Waals surface area contributed by atoms with E-state index in [0.717, 1.165) is 18.4 Å². The molecule has 0 bridgehead atoms. The molecule has 8 nitrogen and oxygen atoms in total. The van der Waals surface area contributed by atoms with Crippen LogP contribution in [0.3, 0.4) is 0 Å². The normalized spacial score (nSPS) is 16.0. The summed E-state index contributed by atoms with van der Waals surface area (Å²) in [4.78, 5) is 34.9. The molecule has 2 aromatic heterocycles. The Morgan fingerprint density at radius 1 is 1.19 bits per heavy atom. The van der Waals surface area contributed by atoms with Crippen molar-refractivity contribution < 1.29 is 23.5 Å². The number of aromatic nitrogens is 2. The summed E-state index contributed by atoms with van der Waals surface area (Å²) in [6.07, 6.45) is 7.15. The average molecular weight is 438 g/mol. The average Bonchev–Trinajstić information content (AvgIpc) is 3.27. The van der Waals surface area contributed by atoms with Crippen molar-refractivity contribution in [2.45, 2.75) is 31.7 Å². The first-order valence-electron chi connectivity index (χ1n) is 10.4. The summed E-state index contributed by atoms with van der Waals surface area (Å²) >= 11 is 0. The lowest BCUT2D eigenvalue weighted by Gasteiger charge is -2.33. The molecule has 4 rings (SSSR count). The van der Waals surface area contributed by atoms with Gasteiger partial charge in [-0.25, -0.2) is 9.37 Å². The number of hydrogen-bond donors (Lipinski definition) is 2. The number of benzene rings is 1. The molecule has 0 unspecified atom stereocenters. The first-order valence-corrected chi connectivity index (χ1v) is 10.4. The molecule has 9 heteroatoms. The van der Waals surface area contributed by atoms with Crippen LogP contribution in [0.2, 0.25) is 0 Å². The second-order valence-electron chi connectivity index (χ2n) is 7.68. The van der Waals surface area contributed by atoms with Crippen LogP contribution in [-0.4, -0.2) is 44.9 Å². The van der Waals surface area contributed by atoms with Gasteiger partial charge < -0.3 is 19.7 Å². The van der Waals surface area contributed by atoms with Crippen LogP contribution < -0.4 is 5.32 Å². The van der Waals surface area contributed by atoms with Crippen LogP contribution in [0, 0.1) is 5.82 Å². The molecular formula is C23H23FN4O4. The minimum atomic E-state index is -0.493. The van der Waals surface area contributed by atoms with Gasteiger partial charge in [0, 0.05) is 19.2 Å². The van der Waals surface area contributed by atoms with E-state index in [1.54, 1.807) is 23.2 Å². The Bertz CT molecular complexity index is 1100. The molecule has 32 heavy (non-hydrogen) atoms. The third-order valence-electron chi connectivity index (χ3n) is 5.36. The number of amides is 2. The maximum absolute atomic E-state index is 13.1. The number of aromatic hydroxyl groups is 1. The van der Waals surface area contributed by atoms with Crippen LogP contribution in [0.1, 0.15) is 52.9 Å². The highest BCUT2D eigenvalue weighted by Gasteiger charge is 2.31. The Hall–Kier alpha value is -3.75. The molecule has 0 saturated carbocycles. The van der Waals surface area contributed by atoms with Crippen LogP contribution in [0.25, 0.3) is 0 Å². The Morgan fingerprint density at radius 2 is 2.00 bits per heavy atom. The number of hydrogen-bond acceptors (Lipinski definition) is 6. The molecule has 3 aromatic rings. The lowest BCUT2D eigenvalue weighted by molar-refractivity contribution is -0.134. The van der Waals surface area contributed by atoms with E-state index in [1.807, 2.05) is 0 Å². The molecular weight excluding hydrogens is 415 g/mol. The van der Waals surface area contributed by atoms with Crippen molar-refractivity contribution in [2.24, 2.45) is 0 Å². The van der Waals surface area contributed by atoms with E-state index in [9.17, 15) is 19.1 Å². The van der Waals surface area contributed by atoms with Crippen molar-refractivity contribution in [2.75, 3.05) is 13.1 Å². The maximum atomic E-state index is 13.1. The van der Waals surface area contributed by atoms with Crippen molar-refractivity contribution in [3.63, 3.8) is 0 Å². The fourth-order valence-electron chi connectivity index (χ4n) is 3.76. The van der Waals surface area contributed by atoms with Crippen LogP contribution in [-0.2, 0) is 11.2 Å². The van der Waals surface area contributed by atoms with Gasteiger partial charge in [-0.05, 0) is 43.0 Å². The second-order valence-corrected chi connectivity index (χ2v) is 7.68. The van der Waals surface area contributed by atoms with Gasteiger partial charge in [-0.15, -0.1) is 0 Å². The molecule has 166 valence electrons. The number of nitrogens with one attached hydrogen (secondary N) is 1. The zero-order chi connectivity index (χ0) is 22.5. The molecule has 2 amide bonds. The van der Waals surface area contributed by atoms with Gasteiger partial charge in [-0.3, -0.25) is 14.6 Å². The molecule has 1 saturated heterocycles. The largest absolute Gasteiger partial charge is 0.506 e. The SMILES string of the molecule is O=C(NCC(=O)N1CCCC[C@H]1c1ncc(Cc2ccc(F)cc2)o1)c1cncc(O)c1. The molecule has 0 spiro atoms. The first-order chi connectivity index (χ1) is 15.5. The van der Waals surface area contributed by atoms with Gasteiger partial charge in [0.25, 0.3) is 5.91 Å². The van der Waals surface area contributed by atoms with Gasteiger partial charge in [0.15, 0.2) is 0 Å². The van der Waals surface area contributed by atoms with E-state index in [1.165, 1.54) is 30.6 Å². The minimum Gasteiger partial charge on any atom is -0.506 e. The van der Waals surface area contributed by atoms with Crippen LogP contribution in [0.5, 0.6) is 5.75 Å². The number of oxazole rings is 1. The predicted molar refractivity (Wildman–Crippen MR) is 112 cm³/mol. The molecule has 1 fully saturated rings. The zero-order valence-corrected chi connectivity index (χ0v) is 17.3. The van der Waals surface area contributed by atoms with E-state index in [4.69, 9.17) is 4.42 Å². The number of halogens is 1. The third-order valence-corrected chi connectivity index (χ3v) is 5.36. The number of carbonyl (C=O) groups is 2. The first kappa shape index (κ1) is 21.5. The predicted octanol–water partition coefficient (Wildman–Crippen LogP) is 2.99. The molecule has 3 heterocycles. The van der Waals surface area contributed by atoms with Gasteiger partial charge in [-0.1, -0.05) is 12.1 Å². The summed E-state index contributed by atoms with van der Waals surface area (Å²) in [5.41, 5.74) is 1.07. The van der Waals surface area contributed by atoms with Gasteiger partial charge in [0.1, 0.15) is 23.4 Å². The number of carbonyl (C=O) groups excluding carboxylic acids is 2. The van der Waals surface area contributed by atoms with Crippen LogP contribution >= 0.6 is 0 Å². The number of rotatable bonds is 6. The second kappa shape index (κ2) is 9.59. The number of likely N-dealkylation sites (tertiary alicyclic amines) is 1. The van der Waals surface area contributed by atoms with E-state index < -0.39 is 5.91 Å². The highest BCUT2D eigenvalue weighted by molar-refractivity contribution is 5.96. The summed E-state index contributed by atoms with van der Waals surface area (Å²) in [5.74, 6) is -0.0633. The van der Waals surface area contributed by atoms with Crippen molar-refractivity contribution in [3.8, 4) is 5.75 Å². The summed E-state index contributed by atoms with van der Waals surface area (Å²) in [7, 11) is 0. The number of piperidine rings is 1. The van der Waals surface area contributed by atoms with Gasteiger partial charge in [-0.2, -0.15) is 0 Å². The summed E-state index contributed by atoms with van der Waals surface area (Å²) < 4.78 is 19.0. The molecule has 1 aliphatic rings. The molecule has 0 radical (unpaired) electrons. The van der Waals surface area contributed by atoms with Gasteiger partial charge in [0.2, 0.25) is 11.8 Å². The fourth-order valence-corrected chi connectivity index (χ4v) is 3.76. The van der Waals surface area contributed by atoms with E-state index >= 15 is 0 Å². The van der Waals surface area contributed by atoms with Gasteiger partial charge >= 0.3 is 0 Å². The topological polar surface area (TPSA) is 109 Å². The Kier molecular flexibility index (Phi) is 6.44. The highest BCUT2D eigenvalue weighted by Crippen LogP contribution is 2.31. The summed E-state index contributed by atoms with van der Waals surface area (Å²) in [6.45, 7) is 0.358. The Balaban J connectivity index is 1.40. The number of nitrogens with zero attached hydrogens (tertiary/aromatic N) is 3. The van der Waals surface area contributed by atoms with E-state index in [2.05, 4.69) is 15.3 Å². The maximum Gasteiger partial charge on any atom is 0.253 e. The molecule has 2 N–H and O–H groups in total. The van der Waals surface area contributed by atoms with Crippen molar-refractivity contribution in [1.82, 2.24) is 20.2 Å². The quantitative estimate of drug-likeness (QED) is 0.613. The molecule has 0 aliphatic carbocycles. The fraction of sp³-hybridized carbons (Fsp3) is 0.304. The van der Waals surface area contributed by atoms with E-state index in [0.29, 0.717) is 31.0 Å². The third kappa shape index (κ3) is 5.11. The van der Waals surface area contributed by atoms with Crippen molar-refractivity contribution in [3.05, 3.63) is 77.5 Å². The summed E-state index contributed by atoms with van der Waals surface area (Å²) in [5, 5.41) is 12.0. The molecule has 1 aromatic carbocycles. The van der Waals surface area contributed by atoms with E-state index in [-0.39, 0.29) is 35.6 Å². The molecule has 1 aliphatic heterocycles. The minimum absolute atomic E-state index is 0.125. The molecule has 1 atom stereocenters. The zero-order valence-electron chi connectivity index (χ0n) is 17.3. The van der Waals surface area contributed by atoms with Crippen molar-refractivity contribution in [1.29, 1.82) is 0 Å². The monoisotopic (exact) mass is 438 g/mol.